The van der Waals surface area contributed by atoms with Gasteiger partial charge in [-0.1, -0.05) is 0 Å². The van der Waals surface area contributed by atoms with Gasteiger partial charge in [0.25, 0.3) is 10.2 Å². The summed E-state index contributed by atoms with van der Waals surface area (Å²) in [6.45, 7) is 0. The van der Waals surface area contributed by atoms with E-state index in [9.17, 15) is 18.6 Å². The summed E-state index contributed by atoms with van der Waals surface area (Å²) >= 11 is 1.35. The molecule has 1 aliphatic rings. The van der Waals surface area contributed by atoms with Gasteiger partial charge in [0.15, 0.2) is 6.29 Å². The molecule has 2 unspecified atom stereocenters. The molecular weight excluding hydrogens is 342 g/mol. The van der Waals surface area contributed by atoms with Crippen LogP contribution in [0.3, 0.4) is 0 Å². The Morgan fingerprint density at radius 3 is 2.74 bits per heavy atom. The smallest absolute Gasteiger partial charge is 0.280 e. The van der Waals surface area contributed by atoms with Gasteiger partial charge >= 0.3 is 0 Å². The standard InChI is InChI=1S/C12H17N5O4S2/c1-16-6-7(4-14-16)10-5-13-11(22-10)8-3-9(12(18)19)17(2)23(20,21)15-8/h4-6,8-9,12,15,18-19H,3H2,1-2H3. The zero-order chi connectivity index (χ0) is 16.8. The summed E-state index contributed by atoms with van der Waals surface area (Å²) in [6, 6.07) is -1.52. The SMILES string of the molecule is CN1C(C(O)O)CC(c2ncc(-c3cnn(C)c3)s2)NS1(=O)=O. The largest absolute Gasteiger partial charge is 0.367 e. The van der Waals surface area contributed by atoms with Gasteiger partial charge in [-0.3, -0.25) is 4.68 Å². The lowest BCUT2D eigenvalue weighted by Crippen LogP contribution is -2.55. The van der Waals surface area contributed by atoms with Crippen molar-refractivity contribution in [2.45, 2.75) is 24.8 Å². The lowest BCUT2D eigenvalue weighted by atomic mass is 10.1. The Morgan fingerprint density at radius 1 is 1.39 bits per heavy atom. The van der Waals surface area contributed by atoms with Crippen molar-refractivity contribution in [2.24, 2.45) is 7.05 Å². The third-order valence-corrected chi connectivity index (χ3v) is 6.54. The molecule has 1 aliphatic heterocycles. The number of nitrogens with one attached hydrogen (secondary N) is 1. The average molecular weight is 359 g/mol. The lowest BCUT2D eigenvalue weighted by Gasteiger charge is -2.36. The highest BCUT2D eigenvalue weighted by Crippen LogP contribution is 2.34. The summed E-state index contributed by atoms with van der Waals surface area (Å²) in [5, 5.41) is 23.5. The molecule has 2 aromatic heterocycles. The number of aromatic nitrogens is 3. The summed E-state index contributed by atoms with van der Waals surface area (Å²) in [4.78, 5) is 5.15. The Labute approximate surface area is 137 Å². The Kier molecular flexibility index (Phi) is 4.25. The first-order chi connectivity index (χ1) is 10.8. The molecule has 3 rings (SSSR count). The van der Waals surface area contributed by atoms with Crippen LogP contribution in [0.15, 0.2) is 18.6 Å². The summed E-state index contributed by atoms with van der Waals surface area (Å²) in [5.41, 5.74) is 0.894. The van der Waals surface area contributed by atoms with Crippen LogP contribution in [-0.2, 0) is 17.3 Å². The molecule has 0 saturated carbocycles. The minimum Gasteiger partial charge on any atom is -0.367 e. The topological polar surface area (TPSA) is 121 Å². The van der Waals surface area contributed by atoms with E-state index >= 15 is 0 Å². The molecule has 3 N–H and O–H groups in total. The number of aryl methyl sites for hydroxylation is 1. The van der Waals surface area contributed by atoms with Gasteiger partial charge in [-0.05, 0) is 6.42 Å². The Bertz CT molecular complexity index is 800. The first kappa shape index (κ1) is 16.5. The molecular formula is C12H17N5O4S2. The molecule has 0 bridgehead atoms. The minimum atomic E-state index is -3.79. The average Bonchev–Trinajstić information content (AvgIpc) is 3.09. The number of nitrogens with zero attached hydrogens (tertiary/aromatic N) is 4. The monoisotopic (exact) mass is 359 g/mol. The fourth-order valence-electron chi connectivity index (χ4n) is 2.47. The number of rotatable bonds is 3. The van der Waals surface area contributed by atoms with Crippen LogP contribution in [0.25, 0.3) is 10.4 Å². The quantitative estimate of drug-likeness (QED) is 0.632. The summed E-state index contributed by atoms with van der Waals surface area (Å²) in [7, 11) is -0.670. The number of aliphatic hydroxyl groups excluding tert-OH is 1. The number of hydrogen-bond acceptors (Lipinski definition) is 7. The zero-order valence-electron chi connectivity index (χ0n) is 12.5. The lowest BCUT2D eigenvalue weighted by molar-refractivity contribution is -0.0877. The minimum absolute atomic E-state index is 0.216. The fraction of sp³-hybridized carbons (Fsp3) is 0.500. The molecule has 0 spiro atoms. The van der Waals surface area contributed by atoms with E-state index in [1.807, 2.05) is 13.2 Å². The molecule has 2 aromatic rings. The van der Waals surface area contributed by atoms with Crippen LogP contribution in [0.4, 0.5) is 0 Å². The van der Waals surface area contributed by atoms with E-state index in [1.54, 1.807) is 17.1 Å². The van der Waals surface area contributed by atoms with Crippen LogP contribution in [0.2, 0.25) is 0 Å². The second kappa shape index (κ2) is 5.92. The highest BCUT2D eigenvalue weighted by atomic mass is 32.2. The first-order valence-corrected chi connectivity index (χ1v) is 9.10. The van der Waals surface area contributed by atoms with Crippen molar-refractivity contribution in [3.8, 4) is 10.4 Å². The van der Waals surface area contributed by atoms with Gasteiger partial charge in [-0.2, -0.15) is 22.5 Å². The number of likely N-dealkylation sites (N-methyl/N-ethyl adjacent to an activating group) is 1. The summed E-state index contributed by atoms with van der Waals surface area (Å²) in [5.74, 6) is 0. The van der Waals surface area contributed by atoms with Crippen molar-refractivity contribution in [1.82, 2.24) is 23.8 Å². The van der Waals surface area contributed by atoms with E-state index in [-0.39, 0.29) is 6.42 Å². The third-order valence-electron chi connectivity index (χ3n) is 3.77. The number of hydrogen-bond donors (Lipinski definition) is 3. The molecule has 1 saturated heterocycles. The van der Waals surface area contributed by atoms with Crippen LogP contribution in [0.5, 0.6) is 0 Å². The number of thiazole rings is 1. The predicted molar refractivity (Wildman–Crippen MR) is 83.5 cm³/mol. The van der Waals surface area contributed by atoms with Gasteiger partial charge in [-0.15, -0.1) is 11.3 Å². The third kappa shape index (κ3) is 3.16. The first-order valence-electron chi connectivity index (χ1n) is 6.84. The van der Waals surface area contributed by atoms with Crippen molar-refractivity contribution in [1.29, 1.82) is 0 Å². The molecule has 0 aliphatic carbocycles. The second-order valence-electron chi connectivity index (χ2n) is 5.37. The Hall–Kier alpha value is -1.37. The number of aliphatic hydroxyl groups is 2. The molecule has 3 heterocycles. The van der Waals surface area contributed by atoms with E-state index in [2.05, 4.69) is 14.8 Å². The molecule has 11 heteroatoms. The highest BCUT2D eigenvalue weighted by Gasteiger charge is 2.40. The molecule has 0 aromatic carbocycles. The highest BCUT2D eigenvalue weighted by molar-refractivity contribution is 7.87. The molecule has 0 radical (unpaired) electrons. The van der Waals surface area contributed by atoms with Crippen LogP contribution < -0.4 is 4.72 Å². The maximum Gasteiger partial charge on any atom is 0.280 e. The predicted octanol–water partition coefficient (Wildman–Crippen LogP) is -0.566. The van der Waals surface area contributed by atoms with Gasteiger partial charge < -0.3 is 10.2 Å². The zero-order valence-corrected chi connectivity index (χ0v) is 14.1. The van der Waals surface area contributed by atoms with Crippen molar-refractivity contribution in [3.05, 3.63) is 23.6 Å². The van der Waals surface area contributed by atoms with E-state index in [1.165, 1.54) is 18.4 Å². The van der Waals surface area contributed by atoms with E-state index in [0.29, 0.717) is 5.01 Å². The van der Waals surface area contributed by atoms with Crippen LogP contribution >= 0.6 is 11.3 Å². The summed E-state index contributed by atoms with van der Waals surface area (Å²) in [6.07, 6.45) is 3.67. The van der Waals surface area contributed by atoms with Crippen molar-refractivity contribution in [2.75, 3.05) is 7.05 Å². The van der Waals surface area contributed by atoms with Crippen LogP contribution in [0.1, 0.15) is 17.5 Å². The van der Waals surface area contributed by atoms with Gasteiger partial charge in [-0.25, -0.2) is 4.98 Å². The normalized spacial score (nSPS) is 25.1. The Morgan fingerprint density at radius 2 is 2.13 bits per heavy atom. The molecule has 0 amide bonds. The molecule has 1 fully saturated rings. The van der Waals surface area contributed by atoms with Gasteiger partial charge in [0, 0.05) is 32.1 Å². The van der Waals surface area contributed by atoms with Crippen LogP contribution in [-0.4, -0.2) is 57.1 Å². The summed E-state index contributed by atoms with van der Waals surface area (Å²) < 4.78 is 29.4. The molecule has 126 valence electrons. The van der Waals surface area contributed by atoms with E-state index in [4.69, 9.17) is 0 Å². The van der Waals surface area contributed by atoms with Gasteiger partial charge in [0.2, 0.25) is 0 Å². The molecule has 9 nitrogen and oxygen atoms in total. The van der Waals surface area contributed by atoms with Gasteiger partial charge in [0.05, 0.1) is 23.2 Å². The van der Waals surface area contributed by atoms with E-state index < -0.39 is 28.6 Å². The van der Waals surface area contributed by atoms with E-state index in [0.717, 1.165) is 14.7 Å². The molecule has 2 atom stereocenters. The Balaban J connectivity index is 1.88. The van der Waals surface area contributed by atoms with Crippen molar-refractivity contribution >= 4 is 21.5 Å². The van der Waals surface area contributed by atoms with Crippen molar-refractivity contribution in [3.63, 3.8) is 0 Å². The molecule has 23 heavy (non-hydrogen) atoms. The second-order valence-corrected chi connectivity index (χ2v) is 8.20. The van der Waals surface area contributed by atoms with Crippen LogP contribution in [0, 0.1) is 0 Å². The maximum absolute atomic E-state index is 12.1. The van der Waals surface area contributed by atoms with Gasteiger partial charge in [0.1, 0.15) is 5.01 Å². The van der Waals surface area contributed by atoms with Crippen molar-refractivity contribution < 1.29 is 18.6 Å². The maximum atomic E-state index is 12.1. The fourth-order valence-corrected chi connectivity index (χ4v) is 4.79.